The third kappa shape index (κ3) is 2.67. The highest BCUT2D eigenvalue weighted by molar-refractivity contribution is 5.37. The maximum Gasteiger partial charge on any atom is 0.244 e. The summed E-state index contributed by atoms with van der Waals surface area (Å²) in [6.45, 7) is 1.18. The lowest BCUT2D eigenvalue weighted by Crippen LogP contribution is -2.09. The van der Waals surface area contributed by atoms with Gasteiger partial charge in [0, 0.05) is 26.0 Å². The van der Waals surface area contributed by atoms with E-state index in [1.807, 2.05) is 0 Å². The Morgan fingerprint density at radius 1 is 1.47 bits per heavy atom. The van der Waals surface area contributed by atoms with E-state index in [0.29, 0.717) is 24.9 Å². The number of hydrogen-bond donors (Lipinski definition) is 2. The standard InChI is InChI=1S/C9H13N7O/c1-17-5-4-13-9-14-8(10)16(15-9)7-6-11-2-3-12-7/h2-3,6H,4-5H2,1H3,(H3,10,13,14,15). The Balaban J connectivity index is 2.14. The topological polar surface area (TPSA) is 104 Å². The summed E-state index contributed by atoms with van der Waals surface area (Å²) >= 11 is 0. The summed E-state index contributed by atoms with van der Waals surface area (Å²) in [6.07, 6.45) is 4.70. The lowest BCUT2D eigenvalue weighted by atomic mass is 10.6. The number of nitrogens with two attached hydrogens (primary N) is 1. The third-order valence-corrected chi connectivity index (χ3v) is 1.99. The maximum atomic E-state index is 5.73. The molecule has 0 saturated carbocycles. The molecule has 0 aliphatic heterocycles. The highest BCUT2D eigenvalue weighted by Crippen LogP contribution is 2.09. The molecule has 0 aliphatic rings. The van der Waals surface area contributed by atoms with E-state index in [4.69, 9.17) is 10.5 Å². The molecule has 0 atom stereocenters. The molecule has 0 aliphatic carbocycles. The van der Waals surface area contributed by atoms with Crippen molar-refractivity contribution in [1.82, 2.24) is 24.7 Å². The van der Waals surface area contributed by atoms with E-state index >= 15 is 0 Å². The number of nitrogens with zero attached hydrogens (tertiary/aromatic N) is 5. The first-order chi connectivity index (χ1) is 8.31. The first-order valence-corrected chi connectivity index (χ1v) is 5.03. The average molecular weight is 235 g/mol. The Morgan fingerprint density at radius 3 is 3.06 bits per heavy atom. The van der Waals surface area contributed by atoms with Crippen LogP contribution in [0, 0.1) is 0 Å². The van der Waals surface area contributed by atoms with Crippen LogP contribution in [-0.2, 0) is 4.74 Å². The van der Waals surface area contributed by atoms with Crippen LogP contribution < -0.4 is 11.1 Å². The Hall–Kier alpha value is -2.22. The molecule has 0 bridgehead atoms. The van der Waals surface area contributed by atoms with E-state index in [2.05, 4.69) is 25.4 Å². The van der Waals surface area contributed by atoms with Crippen molar-refractivity contribution in [3.8, 4) is 5.82 Å². The monoisotopic (exact) mass is 235 g/mol. The molecule has 8 nitrogen and oxygen atoms in total. The molecule has 90 valence electrons. The van der Waals surface area contributed by atoms with Crippen molar-refractivity contribution < 1.29 is 4.74 Å². The third-order valence-electron chi connectivity index (χ3n) is 1.99. The van der Waals surface area contributed by atoms with Gasteiger partial charge in [-0.15, -0.1) is 5.10 Å². The molecule has 0 unspecified atom stereocenters. The van der Waals surface area contributed by atoms with Crippen LogP contribution in [0.3, 0.4) is 0 Å². The predicted octanol–water partition coefficient (Wildman–Crippen LogP) is -0.302. The molecule has 2 heterocycles. The SMILES string of the molecule is COCCNc1nc(N)n(-c2cnccn2)n1. The van der Waals surface area contributed by atoms with Gasteiger partial charge < -0.3 is 15.8 Å². The summed E-state index contributed by atoms with van der Waals surface area (Å²) < 4.78 is 6.33. The number of ether oxygens (including phenoxy) is 1. The van der Waals surface area contributed by atoms with E-state index in [1.165, 1.54) is 4.68 Å². The van der Waals surface area contributed by atoms with Gasteiger partial charge in [0.1, 0.15) is 0 Å². The summed E-state index contributed by atoms with van der Waals surface area (Å²) in [5.41, 5.74) is 5.73. The van der Waals surface area contributed by atoms with E-state index in [9.17, 15) is 0 Å². The second-order valence-electron chi connectivity index (χ2n) is 3.19. The molecule has 3 N–H and O–H groups in total. The molecule has 2 aromatic rings. The van der Waals surface area contributed by atoms with Crippen molar-refractivity contribution in [3.05, 3.63) is 18.6 Å². The van der Waals surface area contributed by atoms with Crippen molar-refractivity contribution in [1.29, 1.82) is 0 Å². The van der Waals surface area contributed by atoms with Gasteiger partial charge in [-0.05, 0) is 0 Å². The van der Waals surface area contributed by atoms with Crippen LogP contribution in [0.2, 0.25) is 0 Å². The lowest BCUT2D eigenvalue weighted by Gasteiger charge is -1.99. The van der Waals surface area contributed by atoms with Crippen molar-refractivity contribution >= 4 is 11.9 Å². The summed E-state index contributed by atoms with van der Waals surface area (Å²) in [5, 5.41) is 7.14. The predicted molar refractivity (Wildman–Crippen MR) is 61.7 cm³/mol. The second kappa shape index (κ2) is 5.21. The number of hydrogen-bond acceptors (Lipinski definition) is 7. The Labute approximate surface area is 97.9 Å². The molecule has 0 aromatic carbocycles. The van der Waals surface area contributed by atoms with Crippen LogP contribution in [0.5, 0.6) is 0 Å². The first-order valence-electron chi connectivity index (χ1n) is 5.03. The molecule has 0 spiro atoms. The normalized spacial score (nSPS) is 10.4. The minimum atomic E-state index is 0.255. The van der Waals surface area contributed by atoms with Crippen molar-refractivity contribution in [3.63, 3.8) is 0 Å². The van der Waals surface area contributed by atoms with Crippen LogP contribution in [0.25, 0.3) is 5.82 Å². The largest absolute Gasteiger partial charge is 0.383 e. The van der Waals surface area contributed by atoms with Crippen LogP contribution in [0.15, 0.2) is 18.6 Å². The second-order valence-corrected chi connectivity index (χ2v) is 3.19. The molecule has 0 amide bonds. The Bertz CT molecular complexity index is 469. The smallest absolute Gasteiger partial charge is 0.244 e. The fraction of sp³-hybridized carbons (Fsp3) is 0.333. The number of aromatic nitrogens is 5. The Kier molecular flexibility index (Phi) is 3.46. The molecule has 0 fully saturated rings. The van der Waals surface area contributed by atoms with Gasteiger partial charge in [-0.3, -0.25) is 4.98 Å². The number of anilines is 2. The molecular weight excluding hydrogens is 222 g/mol. The van der Waals surface area contributed by atoms with E-state index in [0.717, 1.165) is 0 Å². The molecule has 0 radical (unpaired) electrons. The summed E-state index contributed by atoms with van der Waals surface area (Å²) in [5.74, 6) is 1.22. The maximum absolute atomic E-state index is 5.73. The van der Waals surface area contributed by atoms with Gasteiger partial charge in [0.25, 0.3) is 0 Å². The summed E-state index contributed by atoms with van der Waals surface area (Å²) in [4.78, 5) is 12.1. The first kappa shape index (κ1) is 11.3. The van der Waals surface area contributed by atoms with Gasteiger partial charge in [-0.1, -0.05) is 0 Å². The highest BCUT2D eigenvalue weighted by Gasteiger charge is 2.08. The summed E-state index contributed by atoms with van der Waals surface area (Å²) in [6, 6.07) is 0. The number of nitrogens with one attached hydrogen (secondary N) is 1. The molecule has 2 aromatic heterocycles. The van der Waals surface area contributed by atoms with Crippen LogP contribution >= 0.6 is 0 Å². The zero-order chi connectivity index (χ0) is 12.1. The molecule has 2 rings (SSSR count). The van der Waals surface area contributed by atoms with Gasteiger partial charge >= 0.3 is 0 Å². The minimum absolute atomic E-state index is 0.255. The minimum Gasteiger partial charge on any atom is -0.383 e. The zero-order valence-electron chi connectivity index (χ0n) is 9.37. The van der Waals surface area contributed by atoms with Gasteiger partial charge in [-0.2, -0.15) is 9.67 Å². The number of rotatable bonds is 5. The fourth-order valence-electron chi connectivity index (χ4n) is 1.23. The fourth-order valence-corrected chi connectivity index (χ4v) is 1.23. The molecule has 0 saturated heterocycles. The molecular formula is C9H13N7O. The van der Waals surface area contributed by atoms with Crippen LogP contribution in [0.1, 0.15) is 0 Å². The Morgan fingerprint density at radius 2 is 2.35 bits per heavy atom. The summed E-state index contributed by atoms with van der Waals surface area (Å²) in [7, 11) is 1.63. The van der Waals surface area contributed by atoms with Crippen molar-refractivity contribution in [2.24, 2.45) is 0 Å². The van der Waals surface area contributed by atoms with Gasteiger partial charge in [-0.25, -0.2) is 4.98 Å². The van der Waals surface area contributed by atoms with Crippen LogP contribution in [-0.4, -0.2) is 45.0 Å². The number of nitrogen functional groups attached to an aromatic ring is 1. The van der Waals surface area contributed by atoms with Gasteiger partial charge in [0.2, 0.25) is 11.9 Å². The highest BCUT2D eigenvalue weighted by atomic mass is 16.5. The van der Waals surface area contributed by atoms with E-state index < -0.39 is 0 Å². The van der Waals surface area contributed by atoms with Gasteiger partial charge in [0.15, 0.2) is 5.82 Å². The van der Waals surface area contributed by atoms with Gasteiger partial charge in [0.05, 0.1) is 12.8 Å². The van der Waals surface area contributed by atoms with Crippen LogP contribution in [0.4, 0.5) is 11.9 Å². The lowest BCUT2D eigenvalue weighted by molar-refractivity contribution is 0.210. The quantitative estimate of drug-likeness (QED) is 0.685. The molecule has 17 heavy (non-hydrogen) atoms. The zero-order valence-corrected chi connectivity index (χ0v) is 9.37. The van der Waals surface area contributed by atoms with Crippen molar-refractivity contribution in [2.45, 2.75) is 0 Å². The van der Waals surface area contributed by atoms with E-state index in [-0.39, 0.29) is 5.95 Å². The molecule has 8 heteroatoms. The van der Waals surface area contributed by atoms with Crippen molar-refractivity contribution in [2.75, 3.05) is 31.3 Å². The average Bonchev–Trinajstić information content (AvgIpc) is 2.72. The number of methoxy groups -OCH3 is 1. The van der Waals surface area contributed by atoms with E-state index in [1.54, 1.807) is 25.7 Å².